The molecule has 0 fully saturated rings. The number of unbranched alkanes of at least 4 members (excludes halogenated alkanes) is 1. The Morgan fingerprint density at radius 1 is 1.00 bits per heavy atom. The van der Waals surface area contributed by atoms with Crippen molar-refractivity contribution in [3.05, 3.63) is 54.1 Å². The summed E-state index contributed by atoms with van der Waals surface area (Å²) in [4.78, 5) is 12.4. The maximum atomic E-state index is 12.4. The van der Waals surface area contributed by atoms with Gasteiger partial charge >= 0.3 is 5.97 Å². The molecule has 2 aromatic carbocycles. The Hall–Kier alpha value is -2.49. The molecule has 0 saturated heterocycles. The van der Waals surface area contributed by atoms with Crippen molar-refractivity contribution in [2.24, 2.45) is 0 Å². The number of carbonyl (C=O) groups excluding carboxylic acids is 1. The Morgan fingerprint density at radius 2 is 1.55 bits per heavy atom. The van der Waals surface area contributed by atoms with E-state index >= 15 is 0 Å². The van der Waals surface area contributed by atoms with Gasteiger partial charge in [0.15, 0.2) is 0 Å². The number of hydrogen-bond acceptors (Lipinski definition) is 4. The first kappa shape index (κ1) is 15.9. The molecule has 22 heavy (non-hydrogen) atoms. The van der Waals surface area contributed by atoms with Crippen molar-refractivity contribution in [1.82, 2.24) is 0 Å². The molecule has 2 N–H and O–H groups in total. The Kier molecular flexibility index (Phi) is 5.42. The number of esters is 1. The highest BCUT2D eigenvalue weighted by Gasteiger charge is 2.22. The molecule has 0 heterocycles. The summed E-state index contributed by atoms with van der Waals surface area (Å²) in [5.74, 6) is 0.00743. The van der Waals surface area contributed by atoms with E-state index in [2.05, 4.69) is 6.92 Å². The summed E-state index contributed by atoms with van der Waals surface area (Å²) in [6.07, 6.45) is 2.59. The number of phenolic OH excluding ortho intramolecular Hbond substituents is 2. The molecule has 2 rings (SSSR count). The molecular formula is C18H20O4. The molecule has 0 bridgehead atoms. The molecule has 0 saturated carbocycles. The van der Waals surface area contributed by atoms with Gasteiger partial charge in [-0.1, -0.05) is 31.9 Å². The summed E-state index contributed by atoms with van der Waals surface area (Å²) < 4.78 is 5.40. The van der Waals surface area contributed by atoms with Crippen LogP contribution in [0.25, 0.3) is 0 Å². The van der Waals surface area contributed by atoms with Crippen molar-refractivity contribution in [2.75, 3.05) is 0 Å². The molecule has 1 unspecified atom stereocenters. The number of aromatic hydroxyl groups is 2. The van der Waals surface area contributed by atoms with Crippen LogP contribution in [0.2, 0.25) is 0 Å². The van der Waals surface area contributed by atoms with Crippen LogP contribution in [-0.4, -0.2) is 16.2 Å². The van der Waals surface area contributed by atoms with Crippen LogP contribution in [-0.2, 0) is 4.79 Å². The van der Waals surface area contributed by atoms with E-state index in [-0.39, 0.29) is 23.4 Å². The Balaban J connectivity index is 2.15. The van der Waals surface area contributed by atoms with Crippen LogP contribution in [0.15, 0.2) is 48.5 Å². The highest BCUT2D eigenvalue weighted by molar-refractivity contribution is 5.80. The summed E-state index contributed by atoms with van der Waals surface area (Å²) in [7, 11) is 0. The molecule has 1 atom stereocenters. The smallest absolute Gasteiger partial charge is 0.318 e. The zero-order valence-electron chi connectivity index (χ0n) is 12.5. The number of ether oxygens (including phenoxy) is 1. The normalized spacial score (nSPS) is 11.9. The van der Waals surface area contributed by atoms with Gasteiger partial charge in [0, 0.05) is 0 Å². The molecule has 0 radical (unpaired) electrons. The SMILES string of the molecule is CCCCC(C(=O)Oc1ccc(O)cc1)c1ccc(O)cc1. The average Bonchev–Trinajstić information content (AvgIpc) is 2.51. The zero-order valence-corrected chi connectivity index (χ0v) is 12.5. The molecule has 0 aliphatic heterocycles. The number of carbonyl (C=O) groups is 1. The monoisotopic (exact) mass is 300 g/mol. The van der Waals surface area contributed by atoms with Crippen LogP contribution < -0.4 is 4.74 Å². The third-order valence-electron chi connectivity index (χ3n) is 3.48. The Labute approximate surface area is 130 Å². The second kappa shape index (κ2) is 7.50. The number of rotatable bonds is 6. The van der Waals surface area contributed by atoms with Crippen LogP contribution >= 0.6 is 0 Å². The molecule has 0 aliphatic rings. The third kappa shape index (κ3) is 4.25. The van der Waals surface area contributed by atoms with Gasteiger partial charge in [-0.2, -0.15) is 0 Å². The van der Waals surface area contributed by atoms with E-state index in [1.807, 2.05) is 0 Å². The van der Waals surface area contributed by atoms with Crippen LogP contribution in [0.4, 0.5) is 0 Å². The fourth-order valence-corrected chi connectivity index (χ4v) is 2.24. The lowest BCUT2D eigenvalue weighted by molar-refractivity contribution is -0.136. The van der Waals surface area contributed by atoms with Crippen molar-refractivity contribution in [2.45, 2.75) is 32.1 Å². The van der Waals surface area contributed by atoms with E-state index in [1.165, 1.54) is 12.1 Å². The van der Waals surface area contributed by atoms with Gasteiger partial charge in [0.25, 0.3) is 0 Å². The van der Waals surface area contributed by atoms with Crippen molar-refractivity contribution in [3.8, 4) is 17.2 Å². The predicted octanol–water partition coefficient (Wildman–Crippen LogP) is 3.98. The molecule has 4 heteroatoms. The molecule has 0 aliphatic carbocycles. The van der Waals surface area contributed by atoms with Gasteiger partial charge in [-0.3, -0.25) is 4.79 Å². The number of benzene rings is 2. The number of hydrogen-bond donors (Lipinski definition) is 2. The maximum Gasteiger partial charge on any atom is 0.318 e. The predicted molar refractivity (Wildman–Crippen MR) is 84.1 cm³/mol. The summed E-state index contributed by atoms with van der Waals surface area (Å²) in [6.45, 7) is 2.07. The van der Waals surface area contributed by atoms with Crippen LogP contribution in [0.3, 0.4) is 0 Å². The van der Waals surface area contributed by atoms with E-state index in [0.717, 1.165) is 18.4 Å². The molecule has 116 valence electrons. The van der Waals surface area contributed by atoms with Crippen LogP contribution in [0.1, 0.15) is 37.7 Å². The highest BCUT2D eigenvalue weighted by atomic mass is 16.5. The molecule has 0 aromatic heterocycles. The third-order valence-corrected chi connectivity index (χ3v) is 3.48. The summed E-state index contributed by atoms with van der Waals surface area (Å²) in [6, 6.07) is 12.7. The van der Waals surface area contributed by atoms with E-state index in [9.17, 15) is 15.0 Å². The van der Waals surface area contributed by atoms with Gasteiger partial charge in [0.2, 0.25) is 0 Å². The van der Waals surface area contributed by atoms with E-state index in [4.69, 9.17) is 4.74 Å². The second-order valence-electron chi connectivity index (χ2n) is 5.20. The van der Waals surface area contributed by atoms with E-state index in [0.29, 0.717) is 12.2 Å². The largest absolute Gasteiger partial charge is 0.508 e. The second-order valence-corrected chi connectivity index (χ2v) is 5.20. The van der Waals surface area contributed by atoms with E-state index in [1.54, 1.807) is 36.4 Å². The minimum Gasteiger partial charge on any atom is -0.508 e. The summed E-state index contributed by atoms with van der Waals surface area (Å²) in [5, 5.41) is 18.6. The lowest BCUT2D eigenvalue weighted by Gasteiger charge is -2.16. The molecule has 0 amide bonds. The van der Waals surface area contributed by atoms with E-state index < -0.39 is 0 Å². The summed E-state index contributed by atoms with van der Waals surface area (Å²) in [5.41, 5.74) is 0.829. The van der Waals surface area contributed by atoms with Gasteiger partial charge in [0.1, 0.15) is 17.2 Å². The lowest BCUT2D eigenvalue weighted by atomic mass is 9.93. The zero-order chi connectivity index (χ0) is 15.9. The molecule has 2 aromatic rings. The molecular weight excluding hydrogens is 280 g/mol. The fourth-order valence-electron chi connectivity index (χ4n) is 2.24. The maximum absolute atomic E-state index is 12.4. The van der Waals surface area contributed by atoms with Gasteiger partial charge in [0.05, 0.1) is 5.92 Å². The highest BCUT2D eigenvalue weighted by Crippen LogP contribution is 2.27. The average molecular weight is 300 g/mol. The standard InChI is InChI=1S/C18H20O4/c1-2-3-4-17(13-5-7-14(19)8-6-13)18(21)22-16-11-9-15(20)10-12-16/h5-12,17,19-20H,2-4H2,1H3. The van der Waals surface area contributed by atoms with Crippen molar-refractivity contribution >= 4 is 5.97 Å². The Morgan fingerprint density at radius 3 is 2.09 bits per heavy atom. The minimum absolute atomic E-state index is 0.126. The number of phenols is 2. The molecule has 0 spiro atoms. The molecule has 4 nitrogen and oxygen atoms in total. The first-order valence-electron chi connectivity index (χ1n) is 7.40. The summed E-state index contributed by atoms with van der Waals surface area (Å²) >= 11 is 0. The van der Waals surface area contributed by atoms with Crippen LogP contribution in [0, 0.1) is 0 Å². The topological polar surface area (TPSA) is 66.8 Å². The van der Waals surface area contributed by atoms with Gasteiger partial charge < -0.3 is 14.9 Å². The van der Waals surface area contributed by atoms with Gasteiger partial charge in [-0.25, -0.2) is 0 Å². The van der Waals surface area contributed by atoms with Crippen molar-refractivity contribution in [3.63, 3.8) is 0 Å². The van der Waals surface area contributed by atoms with Gasteiger partial charge in [-0.15, -0.1) is 0 Å². The lowest BCUT2D eigenvalue weighted by Crippen LogP contribution is -2.19. The van der Waals surface area contributed by atoms with Crippen molar-refractivity contribution in [1.29, 1.82) is 0 Å². The van der Waals surface area contributed by atoms with Gasteiger partial charge in [-0.05, 0) is 48.4 Å². The van der Waals surface area contributed by atoms with Crippen molar-refractivity contribution < 1.29 is 19.7 Å². The first-order chi connectivity index (χ1) is 10.6. The quantitative estimate of drug-likeness (QED) is 0.625. The first-order valence-corrected chi connectivity index (χ1v) is 7.40. The fraction of sp³-hybridized carbons (Fsp3) is 0.278. The van der Waals surface area contributed by atoms with Crippen LogP contribution in [0.5, 0.6) is 17.2 Å². The Bertz CT molecular complexity index is 602. The minimum atomic E-state index is -0.366.